The molecule has 0 aromatic heterocycles. The predicted octanol–water partition coefficient (Wildman–Crippen LogP) is 7.69. The molecular weight excluding hydrogens is 491 g/mol. The van der Waals surface area contributed by atoms with Crippen LogP contribution in [0.1, 0.15) is 36.5 Å². The summed E-state index contributed by atoms with van der Waals surface area (Å²) in [5, 5.41) is 9.66. The SMILES string of the molecule is CC(C)c1cccc(Oc2cccc(N(Cc3ccc(C(F)(F)F)cc3F)C[C@@H](O)C(F)(F)F)c2)c1. The van der Waals surface area contributed by atoms with Gasteiger partial charge in [0.25, 0.3) is 0 Å². The van der Waals surface area contributed by atoms with Gasteiger partial charge in [-0.05, 0) is 47.9 Å². The predicted molar refractivity (Wildman–Crippen MR) is 122 cm³/mol. The summed E-state index contributed by atoms with van der Waals surface area (Å²) in [5.74, 6) is -0.228. The highest BCUT2D eigenvalue weighted by Gasteiger charge is 2.39. The topological polar surface area (TPSA) is 32.7 Å². The van der Waals surface area contributed by atoms with Crippen LogP contribution in [0.4, 0.5) is 36.4 Å². The lowest BCUT2D eigenvalue weighted by atomic mass is 10.0. The van der Waals surface area contributed by atoms with Gasteiger partial charge < -0.3 is 14.7 Å². The number of halogens is 7. The molecular formula is C26H24F7NO2. The van der Waals surface area contributed by atoms with Crippen molar-refractivity contribution in [1.82, 2.24) is 0 Å². The molecule has 0 heterocycles. The largest absolute Gasteiger partial charge is 0.457 e. The standard InChI is InChI=1S/C26H24F7NO2/c1-16(2)17-5-3-7-21(11-17)36-22-8-4-6-20(13-22)34(15-24(35)26(31,32)33)14-18-9-10-19(12-23(18)27)25(28,29)30/h3-13,16,24,35H,14-15H2,1-2H3/t24-/m1/s1. The minimum absolute atomic E-state index is 0.148. The summed E-state index contributed by atoms with van der Waals surface area (Å²) in [6.07, 6.45) is -12.5. The molecule has 3 aromatic carbocycles. The van der Waals surface area contributed by atoms with E-state index in [2.05, 4.69) is 0 Å². The number of aliphatic hydroxyl groups is 1. The van der Waals surface area contributed by atoms with Gasteiger partial charge in [-0.2, -0.15) is 26.3 Å². The smallest absolute Gasteiger partial charge is 0.416 e. The number of anilines is 1. The molecule has 3 rings (SSSR count). The molecule has 3 aromatic rings. The van der Waals surface area contributed by atoms with E-state index in [4.69, 9.17) is 4.74 Å². The van der Waals surface area contributed by atoms with Gasteiger partial charge in [-0.1, -0.05) is 38.1 Å². The fraction of sp³-hybridized carbons (Fsp3) is 0.308. The Bertz CT molecular complexity index is 1180. The van der Waals surface area contributed by atoms with Gasteiger partial charge in [0.2, 0.25) is 0 Å². The summed E-state index contributed by atoms with van der Waals surface area (Å²) in [6, 6.07) is 15.0. The van der Waals surface area contributed by atoms with E-state index in [-0.39, 0.29) is 29.0 Å². The van der Waals surface area contributed by atoms with E-state index in [1.807, 2.05) is 26.0 Å². The summed E-state index contributed by atoms with van der Waals surface area (Å²) in [7, 11) is 0. The lowest BCUT2D eigenvalue weighted by Crippen LogP contribution is -2.41. The van der Waals surface area contributed by atoms with Gasteiger partial charge in [0.15, 0.2) is 6.10 Å². The lowest BCUT2D eigenvalue weighted by molar-refractivity contribution is -0.200. The average Bonchev–Trinajstić information content (AvgIpc) is 2.78. The van der Waals surface area contributed by atoms with E-state index < -0.39 is 42.9 Å². The molecule has 0 saturated heterocycles. The van der Waals surface area contributed by atoms with E-state index in [0.717, 1.165) is 16.5 Å². The maximum absolute atomic E-state index is 14.5. The molecule has 0 aliphatic carbocycles. The zero-order valence-electron chi connectivity index (χ0n) is 19.4. The second-order valence-electron chi connectivity index (χ2n) is 8.57. The Labute approximate surface area is 203 Å². The van der Waals surface area contributed by atoms with Crippen molar-refractivity contribution in [2.45, 2.75) is 44.8 Å². The van der Waals surface area contributed by atoms with Crippen molar-refractivity contribution >= 4 is 5.69 Å². The van der Waals surface area contributed by atoms with Crippen LogP contribution in [-0.4, -0.2) is 23.9 Å². The fourth-order valence-corrected chi connectivity index (χ4v) is 3.45. The van der Waals surface area contributed by atoms with Crippen LogP contribution in [0.25, 0.3) is 0 Å². The van der Waals surface area contributed by atoms with Crippen molar-refractivity contribution in [3.05, 3.63) is 89.2 Å². The number of hydrogen-bond acceptors (Lipinski definition) is 3. The maximum atomic E-state index is 14.5. The molecule has 0 amide bonds. The number of aliphatic hydroxyl groups excluding tert-OH is 1. The summed E-state index contributed by atoms with van der Waals surface area (Å²) >= 11 is 0. The monoisotopic (exact) mass is 515 g/mol. The zero-order valence-corrected chi connectivity index (χ0v) is 19.4. The summed E-state index contributed by atoms with van der Waals surface area (Å²) in [5.41, 5.74) is -0.329. The number of benzene rings is 3. The lowest BCUT2D eigenvalue weighted by Gasteiger charge is -2.29. The van der Waals surface area contributed by atoms with Crippen molar-refractivity contribution in [1.29, 1.82) is 0 Å². The third-order valence-electron chi connectivity index (χ3n) is 5.46. The highest BCUT2D eigenvalue weighted by Crippen LogP contribution is 2.33. The van der Waals surface area contributed by atoms with E-state index in [1.54, 1.807) is 18.2 Å². The number of hydrogen-bond donors (Lipinski definition) is 1. The fourth-order valence-electron chi connectivity index (χ4n) is 3.45. The maximum Gasteiger partial charge on any atom is 0.416 e. The third-order valence-corrected chi connectivity index (χ3v) is 5.46. The molecule has 0 aliphatic rings. The number of rotatable bonds is 8. The third kappa shape index (κ3) is 7.13. The van der Waals surface area contributed by atoms with Gasteiger partial charge >= 0.3 is 12.4 Å². The van der Waals surface area contributed by atoms with E-state index in [1.165, 1.54) is 18.2 Å². The van der Waals surface area contributed by atoms with Crippen LogP contribution in [0.5, 0.6) is 11.5 Å². The van der Waals surface area contributed by atoms with Crippen molar-refractivity contribution in [2.75, 3.05) is 11.4 Å². The Kier molecular flexibility index (Phi) is 8.18. The van der Waals surface area contributed by atoms with Gasteiger partial charge in [0.1, 0.15) is 17.3 Å². The van der Waals surface area contributed by atoms with Gasteiger partial charge in [0.05, 0.1) is 12.1 Å². The van der Waals surface area contributed by atoms with E-state index >= 15 is 0 Å². The Morgan fingerprint density at radius 3 is 2.08 bits per heavy atom. The number of alkyl halides is 6. The molecule has 0 fully saturated rings. The van der Waals surface area contributed by atoms with Crippen LogP contribution in [0.3, 0.4) is 0 Å². The molecule has 0 radical (unpaired) electrons. The highest BCUT2D eigenvalue weighted by atomic mass is 19.4. The van der Waals surface area contributed by atoms with Gasteiger partial charge in [-0.15, -0.1) is 0 Å². The molecule has 0 bridgehead atoms. The first-order chi connectivity index (χ1) is 16.7. The molecule has 36 heavy (non-hydrogen) atoms. The molecule has 1 N–H and O–H groups in total. The molecule has 0 aliphatic heterocycles. The van der Waals surface area contributed by atoms with Crippen molar-refractivity contribution in [3.8, 4) is 11.5 Å². The van der Waals surface area contributed by atoms with E-state index in [9.17, 15) is 35.8 Å². The minimum Gasteiger partial charge on any atom is -0.457 e. The second kappa shape index (κ2) is 10.8. The Morgan fingerprint density at radius 2 is 1.50 bits per heavy atom. The van der Waals surface area contributed by atoms with Gasteiger partial charge in [-0.3, -0.25) is 0 Å². The second-order valence-corrected chi connectivity index (χ2v) is 8.57. The normalized spacial score (nSPS) is 13.1. The van der Waals surface area contributed by atoms with Crippen molar-refractivity contribution in [3.63, 3.8) is 0 Å². The Hall–Kier alpha value is -3.27. The Balaban J connectivity index is 1.92. The number of nitrogens with zero attached hydrogens (tertiary/aromatic N) is 1. The minimum atomic E-state index is -4.96. The van der Waals surface area contributed by atoms with Gasteiger partial charge in [0, 0.05) is 23.9 Å². The van der Waals surface area contributed by atoms with Crippen molar-refractivity contribution in [2.24, 2.45) is 0 Å². The molecule has 0 saturated carbocycles. The molecule has 1 atom stereocenters. The zero-order chi connectivity index (χ0) is 26.7. The molecule has 0 unspecified atom stereocenters. The average molecular weight is 515 g/mol. The first-order valence-electron chi connectivity index (χ1n) is 11.0. The van der Waals surface area contributed by atoms with Crippen LogP contribution >= 0.6 is 0 Å². The van der Waals surface area contributed by atoms with Crippen molar-refractivity contribution < 1.29 is 40.6 Å². The molecule has 194 valence electrons. The summed E-state index contributed by atoms with van der Waals surface area (Å²) < 4.78 is 98.2. The molecule has 10 heteroatoms. The summed E-state index contributed by atoms with van der Waals surface area (Å²) in [6.45, 7) is 2.51. The van der Waals surface area contributed by atoms with Crippen LogP contribution in [0.15, 0.2) is 66.7 Å². The number of ether oxygens (including phenoxy) is 1. The highest BCUT2D eigenvalue weighted by molar-refractivity contribution is 5.52. The van der Waals surface area contributed by atoms with Crippen LogP contribution in [0.2, 0.25) is 0 Å². The molecule has 3 nitrogen and oxygen atoms in total. The molecule has 0 spiro atoms. The first kappa shape index (κ1) is 27.3. The summed E-state index contributed by atoms with van der Waals surface area (Å²) in [4.78, 5) is 1.03. The Morgan fingerprint density at radius 1 is 0.861 bits per heavy atom. The van der Waals surface area contributed by atoms with Gasteiger partial charge in [-0.25, -0.2) is 4.39 Å². The van der Waals surface area contributed by atoms with Crippen LogP contribution < -0.4 is 9.64 Å². The van der Waals surface area contributed by atoms with Crippen LogP contribution in [-0.2, 0) is 12.7 Å². The first-order valence-corrected chi connectivity index (χ1v) is 11.0. The quantitative estimate of drug-likeness (QED) is 0.312. The van der Waals surface area contributed by atoms with E-state index in [0.29, 0.717) is 11.8 Å². The van der Waals surface area contributed by atoms with Crippen LogP contribution in [0, 0.1) is 5.82 Å².